The Hall–Kier alpha value is -3.94. The van der Waals surface area contributed by atoms with Crippen LogP contribution in [0.1, 0.15) is 35.4 Å². The molecule has 1 amide bonds. The minimum Gasteiger partial charge on any atom is -0.476 e. The maximum Gasteiger partial charge on any atom is 0.273 e. The van der Waals surface area contributed by atoms with Crippen molar-refractivity contribution in [2.75, 3.05) is 13.2 Å². The number of aromatic nitrogens is 5. The standard InChI is InChI=1S/C27H26N6O2/c1-17-7-10-21(26-28-11-4-12-29-26)25(31-17)27(34)33-15-18-8-9-20(33)13-19(18)16-35-24-14-30-22-5-2-3-6-23(22)32-24/h2-7,10-12,14,18-20H,8-9,13,15-16H2,1H3. The Balaban J connectivity index is 1.17. The molecule has 3 aliphatic rings. The first-order chi connectivity index (χ1) is 17.2. The lowest BCUT2D eigenvalue weighted by Crippen LogP contribution is -2.55. The summed E-state index contributed by atoms with van der Waals surface area (Å²) in [5.41, 5.74) is 3.60. The first kappa shape index (κ1) is 21.6. The number of carbonyl (C=O) groups excluding carboxylic acids is 1. The largest absolute Gasteiger partial charge is 0.476 e. The average Bonchev–Trinajstić information content (AvgIpc) is 2.92. The van der Waals surface area contributed by atoms with E-state index in [0.29, 0.717) is 47.9 Å². The highest BCUT2D eigenvalue weighted by Gasteiger charge is 2.43. The van der Waals surface area contributed by atoms with E-state index >= 15 is 0 Å². The zero-order chi connectivity index (χ0) is 23.8. The van der Waals surface area contributed by atoms with Crippen molar-refractivity contribution in [1.82, 2.24) is 29.8 Å². The van der Waals surface area contributed by atoms with Crippen LogP contribution in [0.4, 0.5) is 0 Å². The zero-order valence-corrected chi connectivity index (χ0v) is 19.5. The minimum absolute atomic E-state index is 0.0365. The molecule has 0 radical (unpaired) electrons. The number of para-hydroxylation sites is 2. The van der Waals surface area contributed by atoms with Gasteiger partial charge in [0.2, 0.25) is 5.88 Å². The Bertz CT molecular complexity index is 1380. The molecule has 0 spiro atoms. The second kappa shape index (κ2) is 9.02. The highest BCUT2D eigenvalue weighted by Crippen LogP contribution is 2.40. The van der Waals surface area contributed by atoms with Gasteiger partial charge >= 0.3 is 0 Å². The number of aryl methyl sites for hydroxylation is 1. The molecule has 7 rings (SSSR count). The first-order valence-corrected chi connectivity index (χ1v) is 12.1. The van der Waals surface area contributed by atoms with Crippen LogP contribution in [-0.2, 0) is 0 Å². The average molecular weight is 467 g/mol. The van der Waals surface area contributed by atoms with E-state index in [1.807, 2.05) is 48.2 Å². The summed E-state index contributed by atoms with van der Waals surface area (Å²) < 4.78 is 6.07. The number of hydrogen-bond acceptors (Lipinski definition) is 7. The predicted octanol–water partition coefficient (Wildman–Crippen LogP) is 4.11. The van der Waals surface area contributed by atoms with E-state index in [2.05, 4.69) is 24.9 Å². The Labute approximate surface area is 203 Å². The summed E-state index contributed by atoms with van der Waals surface area (Å²) in [6.07, 6.45) is 8.08. The normalized spacial score (nSPS) is 21.3. The van der Waals surface area contributed by atoms with Crippen LogP contribution in [0.15, 0.2) is 61.1 Å². The Morgan fingerprint density at radius 2 is 1.83 bits per heavy atom. The summed E-state index contributed by atoms with van der Waals surface area (Å²) in [4.78, 5) is 38.1. The van der Waals surface area contributed by atoms with Gasteiger partial charge in [0.25, 0.3) is 5.91 Å². The van der Waals surface area contributed by atoms with Crippen LogP contribution in [0, 0.1) is 18.8 Å². The molecule has 2 saturated heterocycles. The summed E-state index contributed by atoms with van der Waals surface area (Å²) in [5.74, 6) is 1.81. The molecule has 2 aliphatic heterocycles. The second-order valence-corrected chi connectivity index (χ2v) is 9.37. The molecule has 8 heteroatoms. The van der Waals surface area contributed by atoms with Crippen molar-refractivity contribution in [2.45, 2.75) is 32.2 Å². The number of nitrogens with zero attached hydrogens (tertiary/aromatic N) is 6. The third kappa shape index (κ3) is 4.20. The Morgan fingerprint density at radius 3 is 2.63 bits per heavy atom. The van der Waals surface area contributed by atoms with Gasteiger partial charge in [0.05, 0.1) is 29.4 Å². The summed E-state index contributed by atoms with van der Waals surface area (Å²) in [6, 6.07) is 13.5. The van der Waals surface area contributed by atoms with E-state index in [1.54, 1.807) is 24.7 Å². The van der Waals surface area contributed by atoms with Crippen LogP contribution in [0.5, 0.6) is 5.88 Å². The summed E-state index contributed by atoms with van der Waals surface area (Å²) in [7, 11) is 0. The molecule has 1 saturated carbocycles. The fraction of sp³-hybridized carbons (Fsp3) is 0.333. The van der Waals surface area contributed by atoms with E-state index in [-0.39, 0.29) is 11.9 Å². The number of benzene rings is 1. The Morgan fingerprint density at radius 1 is 1.00 bits per heavy atom. The van der Waals surface area contributed by atoms with Gasteiger partial charge in [0.15, 0.2) is 5.82 Å². The van der Waals surface area contributed by atoms with Gasteiger partial charge < -0.3 is 9.64 Å². The number of pyridine rings is 1. The number of fused-ring (bicyclic) bond motifs is 4. The fourth-order valence-electron chi connectivity index (χ4n) is 5.36. The molecule has 3 atom stereocenters. The lowest BCUT2D eigenvalue weighted by atomic mass is 9.72. The van der Waals surface area contributed by atoms with Gasteiger partial charge in [0, 0.05) is 30.7 Å². The quantitative estimate of drug-likeness (QED) is 0.437. The SMILES string of the molecule is Cc1ccc(-c2ncccn2)c(C(=O)N2CC3CCC2CC3COc2cnc3ccccc3n2)n1. The van der Waals surface area contributed by atoms with Gasteiger partial charge in [0.1, 0.15) is 5.69 Å². The van der Waals surface area contributed by atoms with Gasteiger partial charge in [-0.05, 0) is 68.4 Å². The molecular weight excluding hydrogens is 440 g/mol. The maximum atomic E-state index is 13.7. The van der Waals surface area contributed by atoms with Crippen LogP contribution < -0.4 is 4.74 Å². The van der Waals surface area contributed by atoms with E-state index in [1.165, 1.54) is 0 Å². The monoisotopic (exact) mass is 466 g/mol. The number of piperidine rings is 2. The molecule has 35 heavy (non-hydrogen) atoms. The van der Waals surface area contributed by atoms with Crippen LogP contribution in [0.3, 0.4) is 0 Å². The number of ether oxygens (including phenoxy) is 1. The van der Waals surface area contributed by atoms with Gasteiger partial charge in [-0.15, -0.1) is 0 Å². The van der Waals surface area contributed by atoms with E-state index in [0.717, 1.165) is 36.0 Å². The van der Waals surface area contributed by atoms with Crippen LogP contribution in [0.2, 0.25) is 0 Å². The van der Waals surface area contributed by atoms with Crippen LogP contribution in [-0.4, -0.2) is 54.9 Å². The molecule has 2 bridgehead atoms. The number of carbonyl (C=O) groups is 1. The molecule has 176 valence electrons. The van der Waals surface area contributed by atoms with Crippen LogP contribution in [0.25, 0.3) is 22.4 Å². The molecule has 0 N–H and O–H groups in total. The van der Waals surface area contributed by atoms with Gasteiger partial charge in [-0.25, -0.2) is 24.9 Å². The molecule has 5 heterocycles. The highest BCUT2D eigenvalue weighted by molar-refractivity contribution is 5.98. The van der Waals surface area contributed by atoms with Crippen molar-refractivity contribution in [2.24, 2.45) is 11.8 Å². The number of amides is 1. The number of hydrogen-bond donors (Lipinski definition) is 0. The van der Waals surface area contributed by atoms with Gasteiger partial charge in [-0.1, -0.05) is 12.1 Å². The van der Waals surface area contributed by atoms with Crippen LogP contribution >= 0.6 is 0 Å². The smallest absolute Gasteiger partial charge is 0.273 e. The Kier molecular flexibility index (Phi) is 5.56. The van der Waals surface area contributed by atoms with Crippen molar-refractivity contribution < 1.29 is 9.53 Å². The second-order valence-electron chi connectivity index (χ2n) is 9.37. The minimum atomic E-state index is -0.0365. The summed E-state index contributed by atoms with van der Waals surface area (Å²) in [6.45, 7) is 3.20. The molecule has 4 aromatic rings. The third-order valence-electron chi connectivity index (χ3n) is 7.16. The van der Waals surface area contributed by atoms with E-state index in [9.17, 15) is 4.79 Å². The molecule has 1 aromatic carbocycles. The van der Waals surface area contributed by atoms with Crippen molar-refractivity contribution >= 4 is 16.9 Å². The third-order valence-corrected chi connectivity index (χ3v) is 7.16. The zero-order valence-electron chi connectivity index (χ0n) is 19.5. The van der Waals surface area contributed by atoms with Gasteiger partial charge in [-0.3, -0.25) is 4.79 Å². The van der Waals surface area contributed by atoms with Crippen molar-refractivity contribution in [3.63, 3.8) is 0 Å². The number of rotatable bonds is 5. The predicted molar refractivity (Wildman–Crippen MR) is 131 cm³/mol. The van der Waals surface area contributed by atoms with Crippen molar-refractivity contribution in [3.05, 3.63) is 72.4 Å². The van der Waals surface area contributed by atoms with E-state index < -0.39 is 0 Å². The molecule has 3 aromatic heterocycles. The molecule has 8 nitrogen and oxygen atoms in total. The summed E-state index contributed by atoms with van der Waals surface area (Å²) in [5, 5.41) is 0. The van der Waals surface area contributed by atoms with Crippen molar-refractivity contribution in [1.29, 1.82) is 0 Å². The molecule has 1 aliphatic carbocycles. The topological polar surface area (TPSA) is 94.0 Å². The van der Waals surface area contributed by atoms with Crippen molar-refractivity contribution in [3.8, 4) is 17.3 Å². The summed E-state index contributed by atoms with van der Waals surface area (Å²) >= 11 is 0. The fourth-order valence-corrected chi connectivity index (χ4v) is 5.36. The molecule has 3 unspecified atom stereocenters. The first-order valence-electron chi connectivity index (χ1n) is 12.1. The van der Waals surface area contributed by atoms with Gasteiger partial charge in [-0.2, -0.15) is 0 Å². The van der Waals surface area contributed by atoms with E-state index in [4.69, 9.17) is 4.74 Å². The lowest BCUT2D eigenvalue weighted by Gasteiger charge is -2.49. The lowest BCUT2D eigenvalue weighted by molar-refractivity contribution is -0.00502. The molecular formula is C27H26N6O2. The highest BCUT2D eigenvalue weighted by atomic mass is 16.5. The maximum absolute atomic E-state index is 13.7. The molecule has 3 fully saturated rings.